The normalized spacial score (nSPS) is 22.3. The molecule has 0 aromatic carbocycles. The van der Waals surface area contributed by atoms with E-state index < -0.39 is 15.8 Å². The summed E-state index contributed by atoms with van der Waals surface area (Å²) in [5.74, 6) is -0.807. The van der Waals surface area contributed by atoms with Crippen LogP contribution >= 0.6 is 0 Å². The number of nitrogens with zero attached hydrogens (tertiary/aromatic N) is 2. The van der Waals surface area contributed by atoms with Gasteiger partial charge < -0.3 is 10.4 Å². The van der Waals surface area contributed by atoms with Gasteiger partial charge >= 0.3 is 5.97 Å². The van der Waals surface area contributed by atoms with E-state index in [0.717, 1.165) is 0 Å². The molecule has 8 heteroatoms. The molecular formula is C10H13N3O4S. The van der Waals surface area contributed by atoms with Gasteiger partial charge in [-0.1, -0.05) is 0 Å². The first-order chi connectivity index (χ1) is 8.48. The van der Waals surface area contributed by atoms with Crippen LogP contribution in [0.1, 0.15) is 23.2 Å². The molecular weight excluding hydrogens is 258 g/mol. The standard InChI is InChI=1S/C10H13N3O4S/c14-10(15)8-3-4-11-13-9(8)12-7-2-1-5-18(16,17)6-7/h3-4,7H,1-2,5-6H2,(H,12,13)(H,14,15). The van der Waals surface area contributed by atoms with Crippen LogP contribution in [0.4, 0.5) is 5.82 Å². The Morgan fingerprint density at radius 3 is 2.94 bits per heavy atom. The van der Waals surface area contributed by atoms with Crippen molar-refractivity contribution in [1.82, 2.24) is 10.2 Å². The van der Waals surface area contributed by atoms with Crippen molar-refractivity contribution in [2.24, 2.45) is 0 Å². The number of carboxylic acids is 1. The summed E-state index contributed by atoms with van der Waals surface area (Å²) < 4.78 is 23.0. The van der Waals surface area contributed by atoms with Crippen LogP contribution in [-0.2, 0) is 9.84 Å². The van der Waals surface area contributed by atoms with Crippen LogP contribution in [0, 0.1) is 0 Å². The van der Waals surface area contributed by atoms with Gasteiger partial charge in [0.1, 0.15) is 5.56 Å². The van der Waals surface area contributed by atoms with E-state index in [1.807, 2.05) is 0 Å². The molecule has 1 aliphatic rings. The fraction of sp³-hybridized carbons (Fsp3) is 0.500. The Kier molecular flexibility index (Phi) is 3.46. The molecule has 2 rings (SSSR count). The van der Waals surface area contributed by atoms with Gasteiger partial charge in [0.05, 0.1) is 17.7 Å². The van der Waals surface area contributed by atoms with E-state index in [1.165, 1.54) is 12.3 Å². The number of carbonyl (C=O) groups is 1. The van der Waals surface area contributed by atoms with E-state index in [2.05, 4.69) is 15.5 Å². The average Bonchev–Trinajstić information content (AvgIpc) is 2.28. The summed E-state index contributed by atoms with van der Waals surface area (Å²) in [7, 11) is -3.04. The van der Waals surface area contributed by atoms with Gasteiger partial charge in [-0.25, -0.2) is 13.2 Å². The Labute approximate surface area is 104 Å². The number of rotatable bonds is 3. The van der Waals surface area contributed by atoms with Gasteiger partial charge in [-0.2, -0.15) is 5.10 Å². The van der Waals surface area contributed by atoms with Gasteiger partial charge in [0.15, 0.2) is 15.7 Å². The number of hydrogen-bond acceptors (Lipinski definition) is 6. The van der Waals surface area contributed by atoms with Gasteiger partial charge in [0.2, 0.25) is 0 Å². The first-order valence-electron chi connectivity index (χ1n) is 5.50. The lowest BCUT2D eigenvalue weighted by atomic mass is 10.2. The fourth-order valence-corrected chi connectivity index (χ4v) is 3.58. The van der Waals surface area contributed by atoms with E-state index in [0.29, 0.717) is 12.8 Å². The molecule has 0 radical (unpaired) electrons. The Morgan fingerprint density at radius 1 is 1.50 bits per heavy atom. The summed E-state index contributed by atoms with van der Waals surface area (Å²) in [5, 5.41) is 19.1. The minimum Gasteiger partial charge on any atom is -0.478 e. The highest BCUT2D eigenvalue weighted by molar-refractivity contribution is 7.91. The maximum Gasteiger partial charge on any atom is 0.339 e. The highest BCUT2D eigenvalue weighted by atomic mass is 32.2. The molecule has 7 nitrogen and oxygen atoms in total. The molecule has 1 saturated heterocycles. The lowest BCUT2D eigenvalue weighted by Gasteiger charge is -2.23. The van der Waals surface area contributed by atoms with Crippen molar-refractivity contribution in [3.8, 4) is 0 Å². The van der Waals surface area contributed by atoms with E-state index in [4.69, 9.17) is 5.11 Å². The lowest BCUT2D eigenvalue weighted by molar-refractivity contribution is 0.0697. The third-order valence-electron chi connectivity index (χ3n) is 2.76. The maximum atomic E-state index is 11.5. The second-order valence-electron chi connectivity index (χ2n) is 4.20. The summed E-state index contributed by atoms with van der Waals surface area (Å²) in [6, 6.07) is 1.02. The minimum atomic E-state index is -3.04. The molecule has 2 N–H and O–H groups in total. The number of anilines is 1. The second-order valence-corrected chi connectivity index (χ2v) is 6.43. The number of sulfone groups is 1. The Morgan fingerprint density at radius 2 is 2.28 bits per heavy atom. The summed E-state index contributed by atoms with van der Waals surface area (Å²) in [5.41, 5.74) is -0.00651. The predicted octanol–water partition coefficient (Wildman–Crippen LogP) is 0.164. The molecule has 1 fully saturated rings. The highest BCUT2D eigenvalue weighted by Gasteiger charge is 2.26. The molecule has 0 bridgehead atoms. The molecule has 0 amide bonds. The zero-order valence-corrected chi connectivity index (χ0v) is 10.4. The summed E-state index contributed by atoms with van der Waals surface area (Å²) in [6.45, 7) is 0. The summed E-state index contributed by atoms with van der Waals surface area (Å²) >= 11 is 0. The third kappa shape index (κ3) is 2.95. The zero-order valence-electron chi connectivity index (χ0n) is 9.54. The molecule has 0 saturated carbocycles. The molecule has 1 aromatic rings. The van der Waals surface area contributed by atoms with E-state index >= 15 is 0 Å². The van der Waals surface area contributed by atoms with Crippen LogP contribution in [0.5, 0.6) is 0 Å². The molecule has 1 aromatic heterocycles. The maximum absolute atomic E-state index is 11.5. The smallest absolute Gasteiger partial charge is 0.339 e. The van der Waals surface area contributed by atoms with Gasteiger partial charge in [-0.05, 0) is 18.9 Å². The first-order valence-corrected chi connectivity index (χ1v) is 7.32. The fourth-order valence-electron chi connectivity index (χ4n) is 1.94. The monoisotopic (exact) mass is 271 g/mol. The van der Waals surface area contributed by atoms with Crippen LogP contribution in [0.2, 0.25) is 0 Å². The van der Waals surface area contributed by atoms with Crippen molar-refractivity contribution in [2.45, 2.75) is 18.9 Å². The van der Waals surface area contributed by atoms with Gasteiger partial charge in [0.25, 0.3) is 0 Å². The van der Waals surface area contributed by atoms with Crippen LogP contribution in [0.3, 0.4) is 0 Å². The van der Waals surface area contributed by atoms with E-state index in [-0.39, 0.29) is 28.9 Å². The van der Waals surface area contributed by atoms with Crippen molar-refractivity contribution in [2.75, 3.05) is 16.8 Å². The van der Waals surface area contributed by atoms with Crippen LogP contribution in [0.25, 0.3) is 0 Å². The van der Waals surface area contributed by atoms with E-state index in [1.54, 1.807) is 0 Å². The quantitative estimate of drug-likeness (QED) is 0.806. The first kappa shape index (κ1) is 12.7. The van der Waals surface area contributed by atoms with Crippen LogP contribution < -0.4 is 5.32 Å². The molecule has 2 heterocycles. The molecule has 98 valence electrons. The summed E-state index contributed by atoms with van der Waals surface area (Å²) in [4.78, 5) is 11.0. The van der Waals surface area contributed by atoms with Crippen molar-refractivity contribution >= 4 is 21.6 Å². The lowest BCUT2D eigenvalue weighted by Crippen LogP contribution is -2.35. The second kappa shape index (κ2) is 4.89. The van der Waals surface area contributed by atoms with Crippen LogP contribution in [-0.4, -0.2) is 47.2 Å². The Bertz CT molecular complexity index is 558. The van der Waals surface area contributed by atoms with Crippen molar-refractivity contribution < 1.29 is 18.3 Å². The number of aromatic carboxylic acids is 1. The SMILES string of the molecule is O=C(O)c1ccnnc1NC1CCCS(=O)(=O)C1. The molecule has 0 spiro atoms. The highest BCUT2D eigenvalue weighted by Crippen LogP contribution is 2.18. The van der Waals surface area contributed by atoms with Gasteiger partial charge in [-0.3, -0.25) is 0 Å². The number of aromatic nitrogens is 2. The number of carboxylic acid groups (broad SMARTS) is 1. The minimum absolute atomic E-state index is 0.00261. The molecule has 0 aliphatic carbocycles. The third-order valence-corrected chi connectivity index (χ3v) is 4.58. The van der Waals surface area contributed by atoms with Crippen LogP contribution in [0.15, 0.2) is 12.3 Å². The molecule has 18 heavy (non-hydrogen) atoms. The number of nitrogens with one attached hydrogen (secondary N) is 1. The van der Waals surface area contributed by atoms with Gasteiger partial charge in [0, 0.05) is 6.04 Å². The van der Waals surface area contributed by atoms with Crippen molar-refractivity contribution in [3.05, 3.63) is 17.8 Å². The largest absolute Gasteiger partial charge is 0.478 e. The van der Waals surface area contributed by atoms with E-state index in [9.17, 15) is 13.2 Å². The van der Waals surface area contributed by atoms with Gasteiger partial charge in [-0.15, -0.1) is 5.10 Å². The molecule has 1 aliphatic heterocycles. The predicted molar refractivity (Wildman–Crippen MR) is 64.3 cm³/mol. The Hall–Kier alpha value is -1.70. The molecule has 1 atom stereocenters. The van der Waals surface area contributed by atoms with Crippen molar-refractivity contribution in [3.63, 3.8) is 0 Å². The summed E-state index contributed by atoms with van der Waals surface area (Å²) in [6.07, 6.45) is 2.53. The Balaban J connectivity index is 2.17. The number of hydrogen-bond donors (Lipinski definition) is 2. The topological polar surface area (TPSA) is 109 Å². The zero-order chi connectivity index (χ0) is 13.2. The van der Waals surface area contributed by atoms with Crippen molar-refractivity contribution in [1.29, 1.82) is 0 Å². The molecule has 1 unspecified atom stereocenters. The average molecular weight is 271 g/mol.